The second-order valence-electron chi connectivity index (χ2n) is 10.1. The van der Waals surface area contributed by atoms with Gasteiger partial charge in [0.25, 0.3) is 0 Å². The molecule has 222 valence electrons. The van der Waals surface area contributed by atoms with Crippen molar-refractivity contribution >= 4 is 17.8 Å². The van der Waals surface area contributed by atoms with E-state index in [2.05, 4.69) is 10.6 Å². The highest BCUT2D eigenvalue weighted by atomic mass is 16.5. The molecule has 8 heteroatoms. The number of hydrogen-bond acceptors (Lipinski definition) is 6. The van der Waals surface area contributed by atoms with Crippen LogP contribution in [0.4, 0.5) is 0 Å². The fraction of sp³-hybridized carbons (Fsp3) is 0.229. The third-order valence-corrected chi connectivity index (χ3v) is 6.70. The van der Waals surface area contributed by atoms with E-state index in [-0.39, 0.29) is 18.7 Å². The first-order valence-corrected chi connectivity index (χ1v) is 14.1. The first-order chi connectivity index (χ1) is 20.9. The molecule has 0 aliphatic carbocycles. The summed E-state index contributed by atoms with van der Waals surface area (Å²) in [6.45, 7) is 2.02. The molecule has 0 bridgehead atoms. The van der Waals surface area contributed by atoms with Gasteiger partial charge >= 0.3 is 5.97 Å². The number of methoxy groups -OCH3 is 1. The van der Waals surface area contributed by atoms with Crippen LogP contribution >= 0.6 is 0 Å². The van der Waals surface area contributed by atoms with E-state index in [1.165, 1.54) is 14.0 Å². The second kappa shape index (κ2) is 15.8. The highest BCUT2D eigenvalue weighted by Crippen LogP contribution is 2.31. The smallest absolute Gasteiger partial charge is 0.328 e. The van der Waals surface area contributed by atoms with Crippen LogP contribution in [0, 0.1) is 0 Å². The molecule has 0 spiro atoms. The predicted octanol–water partition coefficient (Wildman–Crippen LogP) is 4.79. The SMILES string of the molecule is COC(=O)[C@@H](Cc1ccc(OCc2ccccc2)c(OCc2ccccc2)c1)NC(=O)[C@@H](Cc1ccccc1)NC(C)=O. The average molecular weight is 581 g/mol. The normalized spacial score (nSPS) is 12.0. The van der Waals surface area contributed by atoms with Crippen molar-refractivity contribution in [3.8, 4) is 11.5 Å². The Morgan fingerprint density at radius 1 is 0.605 bits per heavy atom. The number of ether oxygens (including phenoxy) is 3. The first-order valence-electron chi connectivity index (χ1n) is 14.1. The monoisotopic (exact) mass is 580 g/mol. The zero-order valence-corrected chi connectivity index (χ0v) is 24.3. The lowest BCUT2D eigenvalue weighted by atomic mass is 10.0. The van der Waals surface area contributed by atoms with Crippen LogP contribution < -0.4 is 20.1 Å². The third-order valence-electron chi connectivity index (χ3n) is 6.70. The van der Waals surface area contributed by atoms with E-state index in [4.69, 9.17) is 14.2 Å². The fourth-order valence-corrected chi connectivity index (χ4v) is 4.53. The van der Waals surface area contributed by atoms with Gasteiger partial charge < -0.3 is 24.8 Å². The van der Waals surface area contributed by atoms with Gasteiger partial charge in [-0.3, -0.25) is 9.59 Å². The summed E-state index contributed by atoms with van der Waals surface area (Å²) in [7, 11) is 1.27. The molecular weight excluding hydrogens is 544 g/mol. The lowest BCUT2D eigenvalue weighted by Gasteiger charge is -2.22. The van der Waals surface area contributed by atoms with E-state index >= 15 is 0 Å². The standard InChI is InChI=1S/C35H36N2O6/c1-25(38)36-30(20-26-12-6-3-7-13-26)34(39)37-31(35(40)41-2)21-29-18-19-32(42-23-27-14-8-4-9-15-27)33(22-29)43-24-28-16-10-5-11-17-28/h3-19,22,30-31H,20-21,23-24H2,1-2H3,(H,36,38)(H,37,39)/t30-,31-/m1/s1. The fourth-order valence-electron chi connectivity index (χ4n) is 4.53. The number of hydrogen-bond donors (Lipinski definition) is 2. The molecule has 4 aromatic carbocycles. The molecular formula is C35H36N2O6. The minimum Gasteiger partial charge on any atom is -0.485 e. The number of amides is 2. The van der Waals surface area contributed by atoms with Gasteiger partial charge in [-0.1, -0.05) is 97.1 Å². The molecule has 0 unspecified atom stereocenters. The molecule has 4 rings (SSSR count). The van der Waals surface area contributed by atoms with Gasteiger partial charge in [-0.05, 0) is 34.4 Å². The van der Waals surface area contributed by atoms with Crippen LogP contribution in [0.3, 0.4) is 0 Å². The van der Waals surface area contributed by atoms with Gasteiger partial charge in [-0.15, -0.1) is 0 Å². The Kier molecular flexibility index (Phi) is 11.3. The summed E-state index contributed by atoms with van der Waals surface area (Å²) in [5.74, 6) is -0.385. The summed E-state index contributed by atoms with van der Waals surface area (Å²) in [5.41, 5.74) is 3.60. The summed E-state index contributed by atoms with van der Waals surface area (Å²) in [4.78, 5) is 38.0. The van der Waals surface area contributed by atoms with E-state index in [9.17, 15) is 14.4 Å². The van der Waals surface area contributed by atoms with E-state index in [0.29, 0.717) is 24.7 Å². The van der Waals surface area contributed by atoms with Crippen molar-refractivity contribution in [2.24, 2.45) is 0 Å². The van der Waals surface area contributed by atoms with Crippen LogP contribution in [0.2, 0.25) is 0 Å². The molecule has 2 amide bonds. The molecule has 0 aliphatic rings. The Hall–Kier alpha value is -5.11. The average Bonchev–Trinajstić information content (AvgIpc) is 3.03. The van der Waals surface area contributed by atoms with Crippen LogP contribution in [0.15, 0.2) is 109 Å². The van der Waals surface area contributed by atoms with Gasteiger partial charge in [0.1, 0.15) is 25.3 Å². The zero-order valence-electron chi connectivity index (χ0n) is 24.3. The molecule has 0 saturated heterocycles. The van der Waals surface area contributed by atoms with Gasteiger partial charge in [0.05, 0.1) is 7.11 Å². The Balaban J connectivity index is 1.53. The Morgan fingerprint density at radius 2 is 1.12 bits per heavy atom. The maximum absolute atomic E-state index is 13.3. The summed E-state index contributed by atoms with van der Waals surface area (Å²) in [6.07, 6.45) is 0.405. The zero-order chi connectivity index (χ0) is 30.4. The number of esters is 1. The van der Waals surface area contributed by atoms with E-state index in [0.717, 1.165) is 22.3 Å². The first kappa shape index (κ1) is 30.8. The molecule has 0 saturated carbocycles. The Labute approximate surface area is 252 Å². The van der Waals surface area contributed by atoms with Crippen molar-refractivity contribution in [2.45, 2.75) is 45.1 Å². The number of benzene rings is 4. The molecule has 4 aromatic rings. The molecule has 0 radical (unpaired) electrons. The number of nitrogens with one attached hydrogen (secondary N) is 2. The van der Waals surface area contributed by atoms with Crippen LogP contribution in [-0.4, -0.2) is 37.0 Å². The van der Waals surface area contributed by atoms with Crippen LogP contribution in [0.1, 0.15) is 29.2 Å². The highest BCUT2D eigenvalue weighted by molar-refractivity contribution is 5.90. The van der Waals surface area contributed by atoms with E-state index in [1.807, 2.05) is 97.1 Å². The van der Waals surface area contributed by atoms with Crippen molar-refractivity contribution in [1.29, 1.82) is 0 Å². The maximum Gasteiger partial charge on any atom is 0.328 e. The molecule has 0 aliphatic heterocycles. The molecule has 2 N–H and O–H groups in total. The van der Waals surface area contributed by atoms with Crippen molar-refractivity contribution in [3.63, 3.8) is 0 Å². The summed E-state index contributed by atoms with van der Waals surface area (Å²) >= 11 is 0. The van der Waals surface area contributed by atoms with Gasteiger partial charge in [0.15, 0.2) is 11.5 Å². The molecule has 8 nitrogen and oxygen atoms in total. The van der Waals surface area contributed by atoms with E-state index in [1.54, 1.807) is 12.1 Å². The van der Waals surface area contributed by atoms with Crippen LogP contribution in [0.5, 0.6) is 11.5 Å². The molecule has 43 heavy (non-hydrogen) atoms. The van der Waals surface area contributed by atoms with Gasteiger partial charge in [-0.25, -0.2) is 4.79 Å². The van der Waals surface area contributed by atoms with Crippen molar-refractivity contribution in [3.05, 3.63) is 131 Å². The second-order valence-corrected chi connectivity index (χ2v) is 10.1. The van der Waals surface area contributed by atoms with Gasteiger partial charge in [0, 0.05) is 19.8 Å². The number of carbonyl (C=O) groups is 3. The lowest BCUT2D eigenvalue weighted by molar-refractivity contribution is -0.145. The Bertz CT molecular complexity index is 1480. The van der Waals surface area contributed by atoms with Crippen molar-refractivity contribution in [1.82, 2.24) is 10.6 Å². The van der Waals surface area contributed by atoms with Crippen LogP contribution in [0.25, 0.3) is 0 Å². The molecule has 0 fully saturated rings. The molecule has 2 atom stereocenters. The highest BCUT2D eigenvalue weighted by Gasteiger charge is 2.27. The minimum absolute atomic E-state index is 0.136. The van der Waals surface area contributed by atoms with Crippen molar-refractivity contribution < 1.29 is 28.6 Å². The van der Waals surface area contributed by atoms with Gasteiger partial charge in [-0.2, -0.15) is 0 Å². The predicted molar refractivity (Wildman–Crippen MR) is 163 cm³/mol. The van der Waals surface area contributed by atoms with Crippen LogP contribution in [-0.2, 0) is 45.2 Å². The lowest BCUT2D eigenvalue weighted by Crippen LogP contribution is -2.53. The van der Waals surface area contributed by atoms with Crippen molar-refractivity contribution in [2.75, 3.05) is 7.11 Å². The quantitative estimate of drug-likeness (QED) is 0.208. The minimum atomic E-state index is -0.998. The Morgan fingerprint density at radius 3 is 1.65 bits per heavy atom. The molecule has 0 aromatic heterocycles. The van der Waals surface area contributed by atoms with Gasteiger partial charge in [0.2, 0.25) is 11.8 Å². The summed E-state index contributed by atoms with van der Waals surface area (Å²) in [6, 6.07) is 32.5. The number of carbonyl (C=O) groups excluding carboxylic acids is 3. The number of rotatable bonds is 14. The summed E-state index contributed by atoms with van der Waals surface area (Å²) < 4.78 is 17.3. The largest absolute Gasteiger partial charge is 0.485 e. The van der Waals surface area contributed by atoms with E-state index < -0.39 is 24.0 Å². The summed E-state index contributed by atoms with van der Waals surface area (Å²) in [5, 5.41) is 5.47. The third kappa shape index (κ3) is 9.74. The molecule has 0 heterocycles. The topological polar surface area (TPSA) is 103 Å². The maximum atomic E-state index is 13.3.